The fourth-order valence-corrected chi connectivity index (χ4v) is 2.18. The number of esters is 2. The molecule has 0 aromatic heterocycles. The van der Waals surface area contributed by atoms with Crippen molar-refractivity contribution >= 4 is 23.7 Å². The van der Waals surface area contributed by atoms with Crippen molar-refractivity contribution in [3.63, 3.8) is 0 Å². The topological polar surface area (TPSA) is 52.6 Å². The molecule has 5 heteroatoms. The lowest BCUT2D eigenvalue weighted by molar-refractivity contribution is -0.152. The first-order chi connectivity index (χ1) is 8.69. The van der Waals surface area contributed by atoms with Crippen molar-refractivity contribution in [2.75, 3.05) is 13.2 Å². The summed E-state index contributed by atoms with van der Waals surface area (Å²) >= 11 is 1.14. The highest BCUT2D eigenvalue weighted by Crippen LogP contribution is 2.24. The van der Waals surface area contributed by atoms with Crippen molar-refractivity contribution in [2.24, 2.45) is 0 Å². The molecule has 0 fully saturated rings. The van der Waals surface area contributed by atoms with Gasteiger partial charge in [0, 0.05) is 4.90 Å². The lowest BCUT2D eigenvalue weighted by Crippen LogP contribution is -2.30. The molecule has 0 amide bonds. The Morgan fingerprint density at radius 3 is 2.00 bits per heavy atom. The van der Waals surface area contributed by atoms with Gasteiger partial charge in [0.1, 0.15) is 0 Å². The zero-order chi connectivity index (χ0) is 13.4. The Balaban J connectivity index is 2.77. The third-order valence-electron chi connectivity index (χ3n) is 2.00. The van der Waals surface area contributed by atoms with Crippen molar-refractivity contribution in [3.8, 4) is 0 Å². The molecule has 0 saturated carbocycles. The molecule has 1 aromatic carbocycles. The molecule has 0 aliphatic heterocycles. The van der Waals surface area contributed by atoms with Crippen LogP contribution in [0, 0.1) is 0 Å². The maximum Gasteiger partial charge on any atom is 0.331 e. The maximum absolute atomic E-state index is 11.7. The first-order valence-electron chi connectivity index (χ1n) is 5.74. The summed E-state index contributed by atoms with van der Waals surface area (Å²) < 4.78 is 9.77. The second-order valence-corrected chi connectivity index (χ2v) is 4.49. The number of hydrogen-bond donors (Lipinski definition) is 0. The van der Waals surface area contributed by atoms with Crippen LogP contribution >= 0.6 is 11.8 Å². The molecule has 0 saturated heterocycles. The van der Waals surface area contributed by atoms with E-state index >= 15 is 0 Å². The molecule has 0 N–H and O–H groups in total. The summed E-state index contributed by atoms with van der Waals surface area (Å²) in [4.78, 5) is 24.3. The molecule has 0 spiro atoms. The van der Waals surface area contributed by atoms with E-state index in [1.54, 1.807) is 13.8 Å². The SMILES string of the molecule is CCOC(=O)C(Sc1ccccc1)C(=O)OCC. The van der Waals surface area contributed by atoms with Crippen molar-refractivity contribution in [1.29, 1.82) is 0 Å². The van der Waals surface area contributed by atoms with Gasteiger partial charge >= 0.3 is 11.9 Å². The highest BCUT2D eigenvalue weighted by molar-refractivity contribution is 8.01. The minimum absolute atomic E-state index is 0.240. The minimum Gasteiger partial charge on any atom is -0.465 e. The van der Waals surface area contributed by atoms with Gasteiger partial charge in [0.2, 0.25) is 5.25 Å². The molecule has 18 heavy (non-hydrogen) atoms. The van der Waals surface area contributed by atoms with Crippen LogP contribution in [-0.2, 0) is 19.1 Å². The molecule has 0 atom stereocenters. The summed E-state index contributed by atoms with van der Waals surface area (Å²) in [6.45, 7) is 3.88. The van der Waals surface area contributed by atoms with E-state index < -0.39 is 17.2 Å². The van der Waals surface area contributed by atoms with Gasteiger partial charge in [-0.2, -0.15) is 0 Å². The summed E-state index contributed by atoms with van der Waals surface area (Å²) in [6, 6.07) is 9.21. The summed E-state index contributed by atoms with van der Waals surface area (Å²) in [5, 5.41) is -0.965. The van der Waals surface area contributed by atoms with Crippen LogP contribution < -0.4 is 0 Å². The molecule has 0 radical (unpaired) electrons. The van der Waals surface area contributed by atoms with E-state index in [-0.39, 0.29) is 13.2 Å². The van der Waals surface area contributed by atoms with E-state index in [0.29, 0.717) is 0 Å². The van der Waals surface area contributed by atoms with Crippen molar-refractivity contribution < 1.29 is 19.1 Å². The standard InChI is InChI=1S/C13H16O4S/c1-3-16-12(14)11(13(15)17-4-2)18-10-8-6-5-7-9-10/h5-9,11H,3-4H2,1-2H3. The van der Waals surface area contributed by atoms with Crippen LogP contribution in [0.15, 0.2) is 35.2 Å². The molecule has 0 aliphatic rings. The summed E-state index contributed by atoms with van der Waals surface area (Å²) in [6.07, 6.45) is 0. The van der Waals surface area contributed by atoms with Gasteiger partial charge in [0.15, 0.2) is 0 Å². The van der Waals surface area contributed by atoms with Crippen LogP contribution in [0.3, 0.4) is 0 Å². The predicted octanol–water partition coefficient (Wildman–Crippen LogP) is 2.27. The first kappa shape index (κ1) is 14.6. The second kappa shape index (κ2) is 7.76. The number of hydrogen-bond acceptors (Lipinski definition) is 5. The van der Waals surface area contributed by atoms with Crippen LogP contribution in [0.1, 0.15) is 13.8 Å². The van der Waals surface area contributed by atoms with Crippen LogP contribution in [-0.4, -0.2) is 30.4 Å². The highest BCUT2D eigenvalue weighted by Gasteiger charge is 2.30. The second-order valence-electron chi connectivity index (χ2n) is 3.32. The van der Waals surface area contributed by atoms with E-state index in [1.165, 1.54) is 0 Å². The van der Waals surface area contributed by atoms with Crippen LogP contribution in [0.4, 0.5) is 0 Å². The molecule has 4 nitrogen and oxygen atoms in total. The summed E-state index contributed by atoms with van der Waals surface area (Å²) in [5.74, 6) is -1.13. The average molecular weight is 268 g/mol. The lowest BCUT2D eigenvalue weighted by Gasteiger charge is -2.13. The largest absolute Gasteiger partial charge is 0.465 e. The van der Waals surface area contributed by atoms with Crippen LogP contribution in [0.25, 0.3) is 0 Å². The number of benzene rings is 1. The highest BCUT2D eigenvalue weighted by atomic mass is 32.2. The van der Waals surface area contributed by atoms with Gasteiger partial charge in [-0.25, -0.2) is 0 Å². The van der Waals surface area contributed by atoms with Gasteiger partial charge in [-0.3, -0.25) is 9.59 Å². The smallest absolute Gasteiger partial charge is 0.331 e. The van der Waals surface area contributed by atoms with Gasteiger partial charge in [0.25, 0.3) is 0 Å². The predicted molar refractivity (Wildman–Crippen MR) is 69.4 cm³/mol. The van der Waals surface area contributed by atoms with Crippen molar-refractivity contribution in [1.82, 2.24) is 0 Å². The summed E-state index contributed by atoms with van der Waals surface area (Å²) in [5.41, 5.74) is 0. The Labute approximate surface area is 111 Å². The van der Waals surface area contributed by atoms with E-state index in [4.69, 9.17) is 9.47 Å². The molecule has 1 aromatic rings. The van der Waals surface area contributed by atoms with Crippen LogP contribution in [0.2, 0.25) is 0 Å². The molecule has 1 rings (SSSR count). The number of ether oxygens (including phenoxy) is 2. The average Bonchev–Trinajstić information content (AvgIpc) is 2.37. The Morgan fingerprint density at radius 1 is 1.06 bits per heavy atom. The van der Waals surface area contributed by atoms with E-state index in [2.05, 4.69) is 0 Å². The minimum atomic E-state index is -0.965. The lowest BCUT2D eigenvalue weighted by atomic mass is 10.4. The van der Waals surface area contributed by atoms with Gasteiger partial charge < -0.3 is 9.47 Å². The van der Waals surface area contributed by atoms with Crippen molar-refractivity contribution in [3.05, 3.63) is 30.3 Å². The Kier molecular flexibility index (Phi) is 6.28. The van der Waals surface area contributed by atoms with Gasteiger partial charge in [-0.1, -0.05) is 30.0 Å². The number of thioether (sulfide) groups is 1. The maximum atomic E-state index is 11.7. The normalized spacial score (nSPS) is 10.2. The fraction of sp³-hybridized carbons (Fsp3) is 0.385. The zero-order valence-electron chi connectivity index (χ0n) is 10.4. The third kappa shape index (κ3) is 4.41. The quantitative estimate of drug-likeness (QED) is 0.450. The van der Waals surface area contributed by atoms with Gasteiger partial charge in [0.05, 0.1) is 13.2 Å². The van der Waals surface area contributed by atoms with Gasteiger partial charge in [-0.05, 0) is 26.0 Å². The summed E-state index contributed by atoms with van der Waals surface area (Å²) in [7, 11) is 0. The zero-order valence-corrected chi connectivity index (χ0v) is 11.2. The Bertz CT molecular complexity index is 373. The first-order valence-corrected chi connectivity index (χ1v) is 6.62. The Hall–Kier alpha value is -1.49. The van der Waals surface area contributed by atoms with Crippen LogP contribution in [0.5, 0.6) is 0 Å². The van der Waals surface area contributed by atoms with E-state index in [0.717, 1.165) is 16.7 Å². The fourth-order valence-electron chi connectivity index (χ4n) is 1.26. The van der Waals surface area contributed by atoms with Crippen molar-refractivity contribution in [2.45, 2.75) is 24.0 Å². The van der Waals surface area contributed by atoms with Gasteiger partial charge in [-0.15, -0.1) is 0 Å². The number of carbonyl (C=O) groups excluding carboxylic acids is 2. The number of carbonyl (C=O) groups is 2. The Morgan fingerprint density at radius 2 is 1.56 bits per heavy atom. The molecular weight excluding hydrogens is 252 g/mol. The third-order valence-corrected chi connectivity index (χ3v) is 3.16. The molecule has 0 aliphatic carbocycles. The van der Waals surface area contributed by atoms with E-state index in [1.807, 2.05) is 30.3 Å². The molecule has 0 bridgehead atoms. The monoisotopic (exact) mass is 268 g/mol. The molecule has 0 heterocycles. The number of rotatable bonds is 6. The molecular formula is C13H16O4S. The molecule has 0 unspecified atom stereocenters. The molecule has 98 valence electrons. The van der Waals surface area contributed by atoms with E-state index in [9.17, 15) is 9.59 Å².